The first-order valence-electron chi connectivity index (χ1n) is 7.86. The van der Waals surface area contributed by atoms with Gasteiger partial charge in [0.25, 0.3) is 5.91 Å². The number of rotatable bonds is 2. The maximum Gasteiger partial charge on any atom is 0.254 e. The monoisotopic (exact) mass is 334 g/mol. The topological polar surface area (TPSA) is 72.1 Å². The van der Waals surface area contributed by atoms with Gasteiger partial charge in [0.05, 0.1) is 12.2 Å². The Hall–Kier alpha value is -3.28. The maximum atomic E-state index is 13.0. The van der Waals surface area contributed by atoms with Gasteiger partial charge in [-0.15, -0.1) is 0 Å². The molecule has 0 aliphatic carbocycles. The Morgan fingerprint density at radius 3 is 2.32 bits per heavy atom. The van der Waals surface area contributed by atoms with E-state index in [9.17, 15) is 9.18 Å². The number of hydrogen-bond donors (Lipinski definition) is 1. The number of aromatic nitrogens is 2. The largest absolute Gasteiger partial charge is 0.368 e. The first-order chi connectivity index (χ1) is 12.1. The molecular weight excluding hydrogens is 319 g/mol. The molecule has 0 atom stereocenters. The van der Waals surface area contributed by atoms with Crippen molar-refractivity contribution < 1.29 is 9.18 Å². The smallest absolute Gasteiger partial charge is 0.254 e. The second-order valence-corrected chi connectivity index (χ2v) is 5.95. The quantitative estimate of drug-likeness (QED) is 0.782. The number of carbonyl (C=O) groups is 1. The van der Waals surface area contributed by atoms with E-state index < -0.39 is 0 Å². The van der Waals surface area contributed by atoms with Crippen molar-refractivity contribution in [3.05, 3.63) is 77.4 Å². The summed E-state index contributed by atoms with van der Waals surface area (Å²) in [7, 11) is 0. The van der Waals surface area contributed by atoms with E-state index in [1.807, 2.05) is 12.1 Å². The SMILES string of the molecule is Nc1ncc2c(n1)CN(C(=O)c1ccc(-c3ccc(F)cc3)cc1)C2. The molecule has 0 bridgehead atoms. The van der Waals surface area contributed by atoms with E-state index in [-0.39, 0.29) is 17.7 Å². The Morgan fingerprint density at radius 1 is 1.00 bits per heavy atom. The zero-order valence-corrected chi connectivity index (χ0v) is 13.3. The number of carbonyl (C=O) groups excluding carboxylic acids is 1. The first-order valence-corrected chi connectivity index (χ1v) is 7.86. The van der Waals surface area contributed by atoms with Crippen LogP contribution in [0.2, 0.25) is 0 Å². The van der Waals surface area contributed by atoms with Crippen LogP contribution in [0.4, 0.5) is 10.3 Å². The summed E-state index contributed by atoms with van der Waals surface area (Å²) in [6.07, 6.45) is 1.67. The van der Waals surface area contributed by atoms with Crippen LogP contribution in [0.1, 0.15) is 21.6 Å². The number of hydrogen-bond acceptors (Lipinski definition) is 4. The minimum atomic E-state index is -0.270. The minimum Gasteiger partial charge on any atom is -0.368 e. The fourth-order valence-corrected chi connectivity index (χ4v) is 2.94. The fourth-order valence-electron chi connectivity index (χ4n) is 2.94. The van der Waals surface area contributed by atoms with Gasteiger partial charge in [0.2, 0.25) is 5.95 Å². The molecule has 2 N–H and O–H groups in total. The highest BCUT2D eigenvalue weighted by Crippen LogP contribution is 2.24. The van der Waals surface area contributed by atoms with Crippen LogP contribution in [-0.2, 0) is 13.1 Å². The average Bonchev–Trinajstić information content (AvgIpc) is 3.05. The lowest BCUT2D eigenvalue weighted by Crippen LogP contribution is -2.25. The van der Waals surface area contributed by atoms with E-state index in [0.717, 1.165) is 22.4 Å². The van der Waals surface area contributed by atoms with Gasteiger partial charge >= 0.3 is 0 Å². The molecule has 0 saturated carbocycles. The van der Waals surface area contributed by atoms with E-state index in [1.54, 1.807) is 35.4 Å². The molecule has 0 spiro atoms. The van der Waals surface area contributed by atoms with Gasteiger partial charge in [0, 0.05) is 23.9 Å². The van der Waals surface area contributed by atoms with Crippen LogP contribution in [0.3, 0.4) is 0 Å². The number of benzene rings is 2. The molecule has 0 saturated heterocycles. The van der Waals surface area contributed by atoms with Crippen LogP contribution in [-0.4, -0.2) is 20.8 Å². The maximum absolute atomic E-state index is 13.0. The molecule has 1 aliphatic rings. The molecular formula is C19H15FN4O. The third-order valence-electron chi connectivity index (χ3n) is 4.27. The third-order valence-corrected chi connectivity index (χ3v) is 4.27. The van der Waals surface area contributed by atoms with Gasteiger partial charge in [-0.05, 0) is 35.4 Å². The molecule has 4 rings (SSSR count). The summed E-state index contributed by atoms with van der Waals surface area (Å²) in [6.45, 7) is 0.911. The van der Waals surface area contributed by atoms with Gasteiger partial charge < -0.3 is 10.6 Å². The predicted octanol–water partition coefficient (Wildman–Crippen LogP) is 3.02. The molecule has 2 aromatic carbocycles. The Morgan fingerprint density at radius 2 is 1.64 bits per heavy atom. The van der Waals surface area contributed by atoms with Crippen LogP contribution >= 0.6 is 0 Å². The van der Waals surface area contributed by atoms with E-state index in [4.69, 9.17) is 5.73 Å². The summed E-state index contributed by atoms with van der Waals surface area (Å²) in [4.78, 5) is 22.6. The number of nitrogens with zero attached hydrogens (tertiary/aromatic N) is 3. The van der Waals surface area contributed by atoms with Crippen molar-refractivity contribution in [1.29, 1.82) is 0 Å². The van der Waals surface area contributed by atoms with Gasteiger partial charge in [-0.2, -0.15) is 0 Å². The van der Waals surface area contributed by atoms with Crippen molar-refractivity contribution >= 4 is 11.9 Å². The van der Waals surface area contributed by atoms with Crippen molar-refractivity contribution in [3.8, 4) is 11.1 Å². The number of nitrogens with two attached hydrogens (primary N) is 1. The van der Waals surface area contributed by atoms with Crippen molar-refractivity contribution in [3.63, 3.8) is 0 Å². The lowest BCUT2D eigenvalue weighted by atomic mass is 10.0. The van der Waals surface area contributed by atoms with Crippen molar-refractivity contribution in [2.75, 3.05) is 5.73 Å². The molecule has 124 valence electrons. The van der Waals surface area contributed by atoms with Gasteiger partial charge in [-0.3, -0.25) is 4.79 Å². The van der Waals surface area contributed by atoms with E-state index in [0.29, 0.717) is 18.7 Å². The molecule has 1 aliphatic heterocycles. The van der Waals surface area contributed by atoms with Crippen molar-refractivity contribution in [1.82, 2.24) is 14.9 Å². The zero-order valence-electron chi connectivity index (χ0n) is 13.3. The average molecular weight is 334 g/mol. The van der Waals surface area contributed by atoms with E-state index >= 15 is 0 Å². The molecule has 25 heavy (non-hydrogen) atoms. The summed E-state index contributed by atoms with van der Waals surface area (Å²) >= 11 is 0. The Kier molecular flexibility index (Phi) is 3.65. The zero-order chi connectivity index (χ0) is 17.4. The molecule has 3 aromatic rings. The normalized spacial score (nSPS) is 12.9. The van der Waals surface area contributed by atoms with Gasteiger partial charge in [0.1, 0.15) is 5.82 Å². The van der Waals surface area contributed by atoms with E-state index in [2.05, 4.69) is 9.97 Å². The molecule has 0 radical (unpaired) electrons. The fraction of sp³-hybridized carbons (Fsp3) is 0.105. The summed E-state index contributed by atoms with van der Waals surface area (Å²) in [5.74, 6) is -0.119. The number of amides is 1. The molecule has 0 fully saturated rings. The first kappa shape index (κ1) is 15.3. The molecule has 1 aromatic heterocycles. The lowest BCUT2D eigenvalue weighted by molar-refractivity contribution is 0.0750. The number of anilines is 1. The third kappa shape index (κ3) is 2.94. The Labute approximate surface area is 144 Å². The van der Waals surface area contributed by atoms with E-state index in [1.165, 1.54) is 12.1 Å². The van der Waals surface area contributed by atoms with Gasteiger partial charge in [0.15, 0.2) is 0 Å². The van der Waals surface area contributed by atoms with Crippen LogP contribution in [0.15, 0.2) is 54.7 Å². The molecule has 6 heteroatoms. The lowest BCUT2D eigenvalue weighted by Gasteiger charge is -2.15. The highest BCUT2D eigenvalue weighted by atomic mass is 19.1. The Balaban J connectivity index is 1.53. The predicted molar refractivity (Wildman–Crippen MR) is 91.9 cm³/mol. The van der Waals surface area contributed by atoms with Crippen LogP contribution in [0, 0.1) is 5.82 Å². The van der Waals surface area contributed by atoms with Crippen molar-refractivity contribution in [2.24, 2.45) is 0 Å². The summed E-state index contributed by atoms with van der Waals surface area (Å²) in [5.41, 5.74) is 9.74. The Bertz CT molecular complexity index is 939. The summed E-state index contributed by atoms with van der Waals surface area (Å²) in [5, 5.41) is 0. The number of nitrogen functional groups attached to an aromatic ring is 1. The summed E-state index contributed by atoms with van der Waals surface area (Å²) < 4.78 is 13.0. The summed E-state index contributed by atoms with van der Waals surface area (Å²) in [6, 6.07) is 13.6. The molecule has 2 heterocycles. The highest BCUT2D eigenvalue weighted by Gasteiger charge is 2.25. The number of halogens is 1. The molecule has 1 amide bonds. The standard InChI is InChI=1S/C19H15FN4O/c20-16-7-5-13(6-8-16)12-1-3-14(4-2-12)18(25)24-10-15-9-22-19(21)23-17(15)11-24/h1-9H,10-11H2,(H2,21,22,23). The van der Waals surface area contributed by atoms with Gasteiger partial charge in [-0.25, -0.2) is 14.4 Å². The van der Waals surface area contributed by atoms with Crippen molar-refractivity contribution in [2.45, 2.75) is 13.1 Å². The number of fused-ring (bicyclic) bond motifs is 1. The van der Waals surface area contributed by atoms with Crippen LogP contribution < -0.4 is 5.73 Å². The van der Waals surface area contributed by atoms with Gasteiger partial charge in [-0.1, -0.05) is 24.3 Å². The molecule has 5 nitrogen and oxygen atoms in total. The van der Waals surface area contributed by atoms with Crippen LogP contribution in [0.25, 0.3) is 11.1 Å². The minimum absolute atomic E-state index is 0.0674. The second kappa shape index (κ2) is 5.98. The highest BCUT2D eigenvalue weighted by molar-refractivity contribution is 5.95. The second-order valence-electron chi connectivity index (χ2n) is 5.95. The van der Waals surface area contributed by atoms with Crippen LogP contribution in [0.5, 0.6) is 0 Å². The molecule has 0 unspecified atom stereocenters.